The molecule has 29 heavy (non-hydrogen) atoms. The standard InChI is InChI=1S/C20H18O8.H2O/c1-24-12-8-7-11(9-15(12)26-3)19-20(27-10-16(21)22)18(23)17-13(25-2)5-4-6-14(17)28-19;/h4-9H,10H2,1-3H3,(H,21,22);1H2. The molecule has 0 atom stereocenters. The molecular formula is C20H20O9. The smallest absolute Gasteiger partial charge is 0.341 e. The van der Waals surface area contributed by atoms with Crippen molar-refractivity contribution in [2.24, 2.45) is 0 Å². The van der Waals surface area contributed by atoms with Crippen LogP contribution in [0.15, 0.2) is 45.6 Å². The van der Waals surface area contributed by atoms with Crippen LogP contribution in [0.2, 0.25) is 0 Å². The van der Waals surface area contributed by atoms with E-state index >= 15 is 0 Å². The fourth-order valence-corrected chi connectivity index (χ4v) is 2.80. The first-order valence-corrected chi connectivity index (χ1v) is 8.21. The molecule has 0 saturated heterocycles. The van der Waals surface area contributed by atoms with E-state index in [2.05, 4.69) is 0 Å². The van der Waals surface area contributed by atoms with Crippen molar-refractivity contribution in [3.63, 3.8) is 0 Å². The number of carboxylic acid groups (broad SMARTS) is 1. The Kier molecular flexibility index (Phi) is 6.68. The number of hydrogen-bond donors (Lipinski definition) is 1. The lowest BCUT2D eigenvalue weighted by atomic mass is 10.1. The molecule has 3 aromatic rings. The van der Waals surface area contributed by atoms with Crippen molar-refractivity contribution in [3.8, 4) is 34.3 Å². The minimum absolute atomic E-state index is 0. The summed E-state index contributed by atoms with van der Waals surface area (Å²) in [6.45, 7) is -0.703. The summed E-state index contributed by atoms with van der Waals surface area (Å²) in [6.07, 6.45) is 0. The molecule has 0 amide bonds. The minimum atomic E-state index is -1.22. The lowest BCUT2D eigenvalue weighted by Gasteiger charge is -2.13. The highest BCUT2D eigenvalue weighted by Gasteiger charge is 2.22. The van der Waals surface area contributed by atoms with E-state index in [0.717, 1.165) is 0 Å². The Morgan fingerprint density at radius 3 is 2.31 bits per heavy atom. The normalized spacial score (nSPS) is 10.2. The van der Waals surface area contributed by atoms with Crippen molar-refractivity contribution < 1.29 is 38.7 Å². The highest BCUT2D eigenvalue weighted by atomic mass is 16.5. The van der Waals surface area contributed by atoms with Crippen molar-refractivity contribution in [2.45, 2.75) is 0 Å². The molecule has 0 aliphatic rings. The van der Waals surface area contributed by atoms with Crippen LogP contribution in [-0.4, -0.2) is 44.5 Å². The van der Waals surface area contributed by atoms with Crippen LogP contribution in [0.4, 0.5) is 0 Å². The van der Waals surface area contributed by atoms with Gasteiger partial charge < -0.3 is 33.9 Å². The topological polar surface area (TPSA) is 136 Å². The maximum absolute atomic E-state index is 13.1. The van der Waals surface area contributed by atoms with E-state index in [9.17, 15) is 9.59 Å². The second-order valence-electron chi connectivity index (χ2n) is 5.68. The molecule has 0 aliphatic heterocycles. The summed E-state index contributed by atoms with van der Waals surface area (Å²) >= 11 is 0. The molecule has 9 nitrogen and oxygen atoms in total. The maximum atomic E-state index is 13.1. The third-order valence-corrected chi connectivity index (χ3v) is 4.05. The molecule has 154 valence electrons. The number of methoxy groups -OCH3 is 3. The fourth-order valence-electron chi connectivity index (χ4n) is 2.80. The van der Waals surface area contributed by atoms with Crippen LogP contribution < -0.4 is 24.4 Å². The number of rotatable bonds is 7. The number of hydrogen-bond acceptors (Lipinski definition) is 7. The van der Waals surface area contributed by atoms with Crippen molar-refractivity contribution >= 4 is 16.9 Å². The van der Waals surface area contributed by atoms with E-state index in [4.69, 9.17) is 28.5 Å². The lowest BCUT2D eigenvalue weighted by molar-refractivity contribution is -0.139. The van der Waals surface area contributed by atoms with Crippen molar-refractivity contribution in [2.75, 3.05) is 27.9 Å². The van der Waals surface area contributed by atoms with Gasteiger partial charge in [-0.05, 0) is 30.3 Å². The zero-order valence-corrected chi connectivity index (χ0v) is 16.0. The summed E-state index contributed by atoms with van der Waals surface area (Å²) in [5.74, 6) is -0.177. The molecular weight excluding hydrogens is 384 g/mol. The van der Waals surface area contributed by atoms with Crippen LogP contribution >= 0.6 is 0 Å². The van der Waals surface area contributed by atoms with Gasteiger partial charge in [-0.1, -0.05) is 6.07 Å². The predicted octanol–water partition coefficient (Wildman–Crippen LogP) is 2.12. The molecule has 0 bridgehead atoms. The minimum Gasteiger partial charge on any atom is -0.496 e. The first kappa shape index (κ1) is 21.6. The second-order valence-corrected chi connectivity index (χ2v) is 5.68. The third-order valence-electron chi connectivity index (χ3n) is 4.05. The molecule has 1 heterocycles. The van der Waals surface area contributed by atoms with Crippen LogP contribution in [0.1, 0.15) is 0 Å². The SMILES string of the molecule is COc1ccc(-c2oc3cccc(OC)c3c(=O)c2OCC(=O)O)cc1OC.O. The number of ether oxygens (including phenoxy) is 4. The number of benzene rings is 2. The Balaban J connectivity index is 0.00000300. The summed E-state index contributed by atoms with van der Waals surface area (Å²) in [5, 5.41) is 9.13. The van der Waals surface area contributed by atoms with Gasteiger partial charge in [-0.15, -0.1) is 0 Å². The van der Waals surface area contributed by atoms with Gasteiger partial charge in [-0.2, -0.15) is 0 Å². The number of carboxylic acids is 1. The zero-order chi connectivity index (χ0) is 20.3. The van der Waals surface area contributed by atoms with Crippen molar-refractivity contribution in [1.82, 2.24) is 0 Å². The van der Waals surface area contributed by atoms with Crippen LogP contribution in [0.25, 0.3) is 22.3 Å². The maximum Gasteiger partial charge on any atom is 0.341 e. The molecule has 0 spiro atoms. The summed E-state index contributed by atoms with van der Waals surface area (Å²) in [6, 6.07) is 9.81. The van der Waals surface area contributed by atoms with Crippen LogP contribution in [-0.2, 0) is 4.79 Å². The Labute approximate surface area is 165 Å². The molecule has 0 fully saturated rings. The number of carbonyl (C=O) groups is 1. The first-order chi connectivity index (χ1) is 13.5. The van der Waals surface area contributed by atoms with E-state index in [1.54, 1.807) is 36.4 Å². The van der Waals surface area contributed by atoms with Gasteiger partial charge in [-0.25, -0.2) is 4.79 Å². The monoisotopic (exact) mass is 404 g/mol. The second kappa shape index (κ2) is 8.98. The number of aliphatic carboxylic acids is 1. The zero-order valence-electron chi connectivity index (χ0n) is 16.0. The molecule has 1 aromatic heterocycles. The van der Waals surface area contributed by atoms with Crippen molar-refractivity contribution in [3.05, 3.63) is 46.6 Å². The van der Waals surface area contributed by atoms with E-state index in [1.165, 1.54) is 21.3 Å². The van der Waals surface area contributed by atoms with Crippen LogP contribution in [0, 0.1) is 0 Å². The summed E-state index contributed by atoms with van der Waals surface area (Å²) in [5.41, 5.74) is 0.196. The molecule has 3 N–H and O–H groups in total. The predicted molar refractivity (Wildman–Crippen MR) is 104 cm³/mol. The van der Waals surface area contributed by atoms with Gasteiger partial charge in [0.05, 0.1) is 21.3 Å². The Hall–Kier alpha value is -3.72. The molecule has 0 saturated carbocycles. The molecule has 0 aliphatic carbocycles. The van der Waals surface area contributed by atoms with Gasteiger partial charge in [-0.3, -0.25) is 4.79 Å². The average molecular weight is 404 g/mol. The Morgan fingerprint density at radius 1 is 1.00 bits per heavy atom. The van der Waals surface area contributed by atoms with E-state index in [-0.39, 0.29) is 28.0 Å². The van der Waals surface area contributed by atoms with Gasteiger partial charge in [0.1, 0.15) is 16.7 Å². The fraction of sp³-hybridized carbons (Fsp3) is 0.200. The Morgan fingerprint density at radius 2 is 1.69 bits per heavy atom. The van der Waals surface area contributed by atoms with Crippen molar-refractivity contribution in [1.29, 1.82) is 0 Å². The van der Waals surface area contributed by atoms with Gasteiger partial charge in [0.2, 0.25) is 11.2 Å². The average Bonchev–Trinajstić information content (AvgIpc) is 2.71. The lowest BCUT2D eigenvalue weighted by Crippen LogP contribution is -2.16. The van der Waals surface area contributed by atoms with E-state index in [0.29, 0.717) is 22.8 Å². The van der Waals surface area contributed by atoms with Gasteiger partial charge in [0.25, 0.3) is 0 Å². The highest BCUT2D eigenvalue weighted by molar-refractivity contribution is 5.87. The molecule has 3 rings (SSSR count). The van der Waals surface area contributed by atoms with Crippen LogP contribution in [0.5, 0.6) is 23.0 Å². The quantitative estimate of drug-likeness (QED) is 0.632. The highest BCUT2D eigenvalue weighted by Crippen LogP contribution is 2.37. The molecule has 2 aromatic carbocycles. The molecule has 0 unspecified atom stereocenters. The van der Waals surface area contributed by atoms with Crippen LogP contribution in [0.3, 0.4) is 0 Å². The van der Waals surface area contributed by atoms with Gasteiger partial charge >= 0.3 is 5.97 Å². The van der Waals surface area contributed by atoms with Gasteiger partial charge in [0.15, 0.2) is 23.9 Å². The molecule has 9 heteroatoms. The van der Waals surface area contributed by atoms with E-state index in [1.807, 2.05) is 0 Å². The first-order valence-electron chi connectivity index (χ1n) is 8.21. The number of fused-ring (bicyclic) bond motifs is 1. The van der Waals surface area contributed by atoms with Gasteiger partial charge in [0, 0.05) is 5.56 Å². The Bertz CT molecular complexity index is 1090. The third kappa shape index (κ3) is 4.09. The van der Waals surface area contributed by atoms with E-state index < -0.39 is 18.0 Å². The molecule has 0 radical (unpaired) electrons. The summed E-state index contributed by atoms with van der Waals surface area (Å²) in [4.78, 5) is 24.1. The summed E-state index contributed by atoms with van der Waals surface area (Å²) < 4.78 is 26.9. The largest absolute Gasteiger partial charge is 0.496 e. The summed E-state index contributed by atoms with van der Waals surface area (Å²) in [7, 11) is 4.40.